The standard InChI is InChI=1S/C8H10Cl2O3/c1-8(2)12-4-3-11-6(7(9)10)5(4)13-8/h4-5H,3H2,1-2H3/t4-,5-/m0/s1. The molecule has 0 saturated carbocycles. The maximum atomic E-state index is 5.63. The summed E-state index contributed by atoms with van der Waals surface area (Å²) in [6.45, 7) is 4.16. The quantitative estimate of drug-likeness (QED) is 0.632. The summed E-state index contributed by atoms with van der Waals surface area (Å²) in [5.41, 5.74) is 0. The van der Waals surface area contributed by atoms with Crippen molar-refractivity contribution in [2.75, 3.05) is 6.61 Å². The maximum absolute atomic E-state index is 5.63. The van der Waals surface area contributed by atoms with E-state index in [2.05, 4.69) is 0 Å². The highest BCUT2D eigenvalue weighted by molar-refractivity contribution is 6.56. The minimum Gasteiger partial charge on any atom is -0.490 e. The molecule has 0 spiro atoms. The SMILES string of the molecule is CC1(C)O[C@H]2COC(=C(Cl)Cl)[C@H]2O1. The summed E-state index contributed by atoms with van der Waals surface area (Å²) in [5, 5.41) is 0. The molecule has 2 saturated heterocycles. The van der Waals surface area contributed by atoms with Crippen molar-refractivity contribution < 1.29 is 14.2 Å². The second kappa shape index (κ2) is 3.02. The monoisotopic (exact) mass is 224 g/mol. The van der Waals surface area contributed by atoms with E-state index in [1.165, 1.54) is 0 Å². The van der Waals surface area contributed by atoms with Gasteiger partial charge in [-0.05, 0) is 13.8 Å². The Bertz CT molecular complexity index is 258. The van der Waals surface area contributed by atoms with Gasteiger partial charge in [0.25, 0.3) is 0 Å². The summed E-state index contributed by atoms with van der Waals surface area (Å²) >= 11 is 11.3. The first kappa shape index (κ1) is 9.59. The molecule has 0 bridgehead atoms. The molecule has 2 fully saturated rings. The van der Waals surface area contributed by atoms with Crippen molar-refractivity contribution in [2.45, 2.75) is 31.8 Å². The Morgan fingerprint density at radius 2 is 2.08 bits per heavy atom. The van der Waals surface area contributed by atoms with Crippen LogP contribution in [0.2, 0.25) is 0 Å². The van der Waals surface area contributed by atoms with Gasteiger partial charge < -0.3 is 14.2 Å². The predicted molar refractivity (Wildman–Crippen MR) is 48.5 cm³/mol. The summed E-state index contributed by atoms with van der Waals surface area (Å²) in [7, 11) is 0. The van der Waals surface area contributed by atoms with Crippen LogP contribution in [0.4, 0.5) is 0 Å². The van der Waals surface area contributed by atoms with E-state index in [4.69, 9.17) is 37.4 Å². The van der Waals surface area contributed by atoms with Gasteiger partial charge in [-0.1, -0.05) is 23.2 Å². The molecule has 5 heteroatoms. The maximum Gasteiger partial charge on any atom is 0.164 e. The zero-order valence-electron chi connectivity index (χ0n) is 7.34. The third kappa shape index (κ3) is 1.66. The molecular formula is C8H10Cl2O3. The minimum atomic E-state index is -0.576. The number of fused-ring (bicyclic) bond motifs is 1. The molecule has 2 heterocycles. The first-order valence-electron chi connectivity index (χ1n) is 4.03. The van der Waals surface area contributed by atoms with Crippen molar-refractivity contribution in [1.82, 2.24) is 0 Å². The van der Waals surface area contributed by atoms with Crippen LogP contribution in [-0.4, -0.2) is 24.6 Å². The average molecular weight is 225 g/mol. The van der Waals surface area contributed by atoms with Crippen LogP contribution in [0.1, 0.15) is 13.8 Å². The number of halogens is 2. The Balaban J connectivity index is 2.22. The third-order valence-corrected chi connectivity index (χ3v) is 2.40. The molecule has 2 atom stereocenters. The number of rotatable bonds is 0. The fourth-order valence-corrected chi connectivity index (χ4v) is 1.92. The second-order valence-corrected chi connectivity index (χ2v) is 4.48. The molecule has 0 aromatic carbocycles. The molecule has 0 unspecified atom stereocenters. The van der Waals surface area contributed by atoms with Gasteiger partial charge in [0, 0.05) is 0 Å². The molecule has 0 radical (unpaired) electrons. The first-order valence-corrected chi connectivity index (χ1v) is 4.79. The third-order valence-electron chi connectivity index (χ3n) is 2.03. The van der Waals surface area contributed by atoms with E-state index >= 15 is 0 Å². The van der Waals surface area contributed by atoms with Crippen molar-refractivity contribution >= 4 is 23.2 Å². The van der Waals surface area contributed by atoms with E-state index in [1.807, 2.05) is 13.8 Å². The molecule has 0 N–H and O–H groups in total. The van der Waals surface area contributed by atoms with Gasteiger partial charge in [0.05, 0.1) is 0 Å². The second-order valence-electron chi connectivity index (χ2n) is 3.53. The van der Waals surface area contributed by atoms with Gasteiger partial charge >= 0.3 is 0 Å². The van der Waals surface area contributed by atoms with Crippen molar-refractivity contribution in [3.05, 3.63) is 10.3 Å². The Morgan fingerprint density at radius 1 is 1.38 bits per heavy atom. The fourth-order valence-electron chi connectivity index (χ4n) is 1.60. The number of hydrogen-bond acceptors (Lipinski definition) is 3. The van der Waals surface area contributed by atoms with Gasteiger partial charge in [-0.2, -0.15) is 0 Å². The van der Waals surface area contributed by atoms with Crippen molar-refractivity contribution in [1.29, 1.82) is 0 Å². The number of hydrogen-bond donors (Lipinski definition) is 0. The van der Waals surface area contributed by atoms with Gasteiger partial charge in [0.15, 0.2) is 11.5 Å². The van der Waals surface area contributed by atoms with Crippen molar-refractivity contribution in [3.8, 4) is 0 Å². The van der Waals surface area contributed by atoms with E-state index in [9.17, 15) is 0 Å². The molecule has 74 valence electrons. The molecule has 0 aromatic rings. The Morgan fingerprint density at radius 3 is 2.69 bits per heavy atom. The highest BCUT2D eigenvalue weighted by Crippen LogP contribution is 2.39. The first-order chi connectivity index (χ1) is 5.99. The van der Waals surface area contributed by atoms with E-state index in [-0.39, 0.29) is 16.7 Å². The van der Waals surface area contributed by atoms with Gasteiger partial charge in [-0.3, -0.25) is 0 Å². The lowest BCUT2D eigenvalue weighted by Gasteiger charge is -2.18. The number of ether oxygens (including phenoxy) is 3. The lowest BCUT2D eigenvalue weighted by molar-refractivity contribution is -0.157. The van der Waals surface area contributed by atoms with E-state index in [1.54, 1.807) is 0 Å². The van der Waals surface area contributed by atoms with Crippen LogP contribution >= 0.6 is 23.2 Å². The van der Waals surface area contributed by atoms with Crippen LogP contribution in [0, 0.1) is 0 Å². The van der Waals surface area contributed by atoms with Crippen LogP contribution in [-0.2, 0) is 14.2 Å². The minimum absolute atomic E-state index is 0.0856. The summed E-state index contributed by atoms with van der Waals surface area (Å²) in [6, 6.07) is 0. The van der Waals surface area contributed by atoms with Gasteiger partial charge in [0.2, 0.25) is 0 Å². The van der Waals surface area contributed by atoms with Crippen LogP contribution < -0.4 is 0 Å². The van der Waals surface area contributed by atoms with Gasteiger partial charge in [-0.15, -0.1) is 0 Å². The molecule has 0 aromatic heterocycles. The summed E-state index contributed by atoms with van der Waals surface area (Å²) in [6.07, 6.45) is -0.336. The highest BCUT2D eigenvalue weighted by atomic mass is 35.5. The molecule has 3 nitrogen and oxygen atoms in total. The highest BCUT2D eigenvalue weighted by Gasteiger charge is 2.49. The normalized spacial score (nSPS) is 35.8. The Hall–Kier alpha value is 0.0400. The molecule has 13 heavy (non-hydrogen) atoms. The van der Waals surface area contributed by atoms with Gasteiger partial charge in [-0.25, -0.2) is 0 Å². The van der Waals surface area contributed by atoms with E-state index in [0.717, 1.165) is 0 Å². The fraction of sp³-hybridized carbons (Fsp3) is 0.750. The average Bonchev–Trinajstić information content (AvgIpc) is 2.41. The van der Waals surface area contributed by atoms with Crippen LogP contribution in [0.25, 0.3) is 0 Å². The van der Waals surface area contributed by atoms with Crippen molar-refractivity contribution in [2.24, 2.45) is 0 Å². The van der Waals surface area contributed by atoms with Gasteiger partial charge in [0.1, 0.15) is 23.3 Å². The molecule has 0 aliphatic carbocycles. The topological polar surface area (TPSA) is 27.7 Å². The van der Waals surface area contributed by atoms with E-state index in [0.29, 0.717) is 12.4 Å². The summed E-state index contributed by atoms with van der Waals surface area (Å²) in [4.78, 5) is 0. The smallest absolute Gasteiger partial charge is 0.164 e. The van der Waals surface area contributed by atoms with Crippen LogP contribution in [0.3, 0.4) is 0 Å². The summed E-state index contributed by atoms with van der Waals surface area (Å²) in [5.74, 6) is -0.0907. The molecular weight excluding hydrogens is 215 g/mol. The Kier molecular flexibility index (Phi) is 2.23. The van der Waals surface area contributed by atoms with Crippen LogP contribution in [0.5, 0.6) is 0 Å². The van der Waals surface area contributed by atoms with E-state index < -0.39 is 5.79 Å². The lowest BCUT2D eigenvalue weighted by Crippen LogP contribution is -2.23. The zero-order valence-corrected chi connectivity index (χ0v) is 8.85. The van der Waals surface area contributed by atoms with Crippen molar-refractivity contribution in [3.63, 3.8) is 0 Å². The predicted octanol–water partition coefficient (Wildman–Crippen LogP) is 2.18. The zero-order chi connectivity index (χ0) is 9.64. The molecule has 2 aliphatic rings. The molecule has 2 rings (SSSR count). The largest absolute Gasteiger partial charge is 0.490 e. The summed E-state index contributed by atoms with van der Waals surface area (Å²) < 4.78 is 16.5. The molecule has 0 amide bonds. The van der Waals surface area contributed by atoms with Crippen LogP contribution in [0.15, 0.2) is 10.3 Å². The Labute approximate surface area is 86.5 Å². The molecule has 2 aliphatic heterocycles. The lowest BCUT2D eigenvalue weighted by atomic mass is 10.2.